The third-order valence-corrected chi connectivity index (χ3v) is 3.67. The van der Waals surface area contributed by atoms with Crippen LogP contribution in [0.5, 0.6) is 17.2 Å². The average Bonchev–Trinajstić information content (AvgIpc) is 2.61. The molecular formula is C17H18N2O5. The van der Waals surface area contributed by atoms with Gasteiger partial charge in [-0.05, 0) is 17.7 Å². The van der Waals surface area contributed by atoms with E-state index in [9.17, 15) is 10.1 Å². The lowest BCUT2D eigenvalue weighted by atomic mass is 10.1. The van der Waals surface area contributed by atoms with Crippen molar-refractivity contribution in [2.75, 3.05) is 19.8 Å². The molecule has 7 nitrogen and oxygen atoms in total. The standard InChI is InChI=1S/C17H18N2O5/c18-11-14(10-12-3-1-4-13(9-12)19(20)21)24-16-6-2-5-15-17(16)23-8-7-22-15/h1-6,9,14H,7-8,10-11,18H2. The molecule has 1 aliphatic heterocycles. The lowest BCUT2D eigenvalue weighted by Gasteiger charge is -2.24. The summed E-state index contributed by atoms with van der Waals surface area (Å²) < 4.78 is 17.1. The van der Waals surface area contributed by atoms with Crippen LogP contribution >= 0.6 is 0 Å². The molecule has 0 radical (unpaired) electrons. The first-order valence-electron chi connectivity index (χ1n) is 7.66. The summed E-state index contributed by atoms with van der Waals surface area (Å²) in [5, 5.41) is 10.9. The van der Waals surface area contributed by atoms with Crippen LogP contribution in [-0.2, 0) is 6.42 Å². The molecule has 0 aliphatic carbocycles. The van der Waals surface area contributed by atoms with E-state index in [1.165, 1.54) is 12.1 Å². The SMILES string of the molecule is NCC(Cc1cccc([N+](=O)[O-])c1)Oc1cccc2c1OCCO2. The second-order valence-corrected chi connectivity index (χ2v) is 5.39. The Kier molecular flexibility index (Phi) is 4.81. The Hall–Kier alpha value is -2.80. The molecule has 1 heterocycles. The number of nitro groups is 1. The normalized spacial score (nSPS) is 14.0. The third-order valence-electron chi connectivity index (χ3n) is 3.67. The van der Waals surface area contributed by atoms with Gasteiger partial charge in [0.15, 0.2) is 11.5 Å². The Morgan fingerprint density at radius 3 is 2.79 bits per heavy atom. The van der Waals surface area contributed by atoms with E-state index in [1.807, 2.05) is 18.2 Å². The summed E-state index contributed by atoms with van der Waals surface area (Å²) in [6, 6.07) is 11.9. The highest BCUT2D eigenvalue weighted by atomic mass is 16.6. The summed E-state index contributed by atoms with van der Waals surface area (Å²) in [6.07, 6.45) is 0.131. The fourth-order valence-corrected chi connectivity index (χ4v) is 2.55. The van der Waals surface area contributed by atoms with Crippen LogP contribution < -0.4 is 19.9 Å². The molecule has 24 heavy (non-hydrogen) atoms. The molecule has 0 saturated heterocycles. The quantitative estimate of drug-likeness (QED) is 0.645. The Balaban J connectivity index is 1.76. The molecule has 126 valence electrons. The van der Waals surface area contributed by atoms with Crippen molar-refractivity contribution in [2.45, 2.75) is 12.5 Å². The maximum atomic E-state index is 10.9. The van der Waals surface area contributed by atoms with Crippen molar-refractivity contribution in [2.24, 2.45) is 5.73 Å². The molecule has 1 unspecified atom stereocenters. The Bertz CT molecular complexity index is 735. The van der Waals surface area contributed by atoms with Gasteiger partial charge in [0.05, 0.1) is 4.92 Å². The van der Waals surface area contributed by atoms with Gasteiger partial charge in [0, 0.05) is 25.1 Å². The van der Waals surface area contributed by atoms with Gasteiger partial charge in [0.1, 0.15) is 19.3 Å². The number of rotatable bonds is 6. The van der Waals surface area contributed by atoms with E-state index in [1.54, 1.807) is 12.1 Å². The van der Waals surface area contributed by atoms with Crippen LogP contribution in [0.25, 0.3) is 0 Å². The lowest BCUT2D eigenvalue weighted by molar-refractivity contribution is -0.384. The fourth-order valence-electron chi connectivity index (χ4n) is 2.55. The number of hydrogen-bond donors (Lipinski definition) is 1. The van der Waals surface area contributed by atoms with E-state index >= 15 is 0 Å². The molecule has 2 aromatic rings. The molecule has 1 atom stereocenters. The largest absolute Gasteiger partial charge is 0.486 e. The number of fused-ring (bicyclic) bond motifs is 1. The van der Waals surface area contributed by atoms with Gasteiger partial charge in [-0.15, -0.1) is 0 Å². The van der Waals surface area contributed by atoms with Gasteiger partial charge in [0.25, 0.3) is 5.69 Å². The van der Waals surface area contributed by atoms with E-state index in [2.05, 4.69) is 0 Å². The number of non-ortho nitro benzene ring substituents is 1. The molecule has 0 bridgehead atoms. The first-order valence-corrected chi connectivity index (χ1v) is 7.66. The molecule has 2 aromatic carbocycles. The Labute approximate surface area is 139 Å². The molecule has 0 saturated carbocycles. The zero-order valence-electron chi connectivity index (χ0n) is 13.0. The van der Waals surface area contributed by atoms with Gasteiger partial charge in [-0.3, -0.25) is 10.1 Å². The summed E-state index contributed by atoms with van der Waals surface area (Å²) >= 11 is 0. The van der Waals surface area contributed by atoms with Crippen molar-refractivity contribution in [1.82, 2.24) is 0 Å². The lowest BCUT2D eigenvalue weighted by Crippen LogP contribution is -2.29. The van der Waals surface area contributed by atoms with Crippen molar-refractivity contribution in [3.8, 4) is 17.2 Å². The van der Waals surface area contributed by atoms with E-state index in [4.69, 9.17) is 19.9 Å². The molecule has 0 amide bonds. The van der Waals surface area contributed by atoms with Crippen molar-refractivity contribution >= 4 is 5.69 Å². The molecule has 3 rings (SSSR count). The van der Waals surface area contributed by atoms with Gasteiger partial charge < -0.3 is 19.9 Å². The number of nitrogens with zero attached hydrogens (tertiary/aromatic N) is 1. The van der Waals surface area contributed by atoms with Crippen molar-refractivity contribution in [3.05, 3.63) is 58.1 Å². The maximum Gasteiger partial charge on any atom is 0.269 e. The van der Waals surface area contributed by atoms with E-state index in [0.29, 0.717) is 36.9 Å². The minimum absolute atomic E-state index is 0.0529. The number of hydrogen-bond acceptors (Lipinski definition) is 6. The number of nitro benzene ring substituents is 1. The summed E-state index contributed by atoms with van der Waals surface area (Å²) in [5.41, 5.74) is 6.66. The summed E-state index contributed by atoms with van der Waals surface area (Å²) in [6.45, 7) is 1.24. The van der Waals surface area contributed by atoms with E-state index < -0.39 is 4.92 Å². The average molecular weight is 330 g/mol. The van der Waals surface area contributed by atoms with Crippen molar-refractivity contribution < 1.29 is 19.1 Å². The highest BCUT2D eigenvalue weighted by Crippen LogP contribution is 2.39. The summed E-state index contributed by atoms with van der Waals surface area (Å²) in [4.78, 5) is 10.5. The van der Waals surface area contributed by atoms with Crippen LogP contribution in [0.4, 0.5) is 5.69 Å². The molecule has 7 heteroatoms. The topological polar surface area (TPSA) is 96.9 Å². The predicted octanol–water partition coefficient (Wildman–Crippen LogP) is 2.31. The van der Waals surface area contributed by atoms with Crippen LogP contribution in [0.15, 0.2) is 42.5 Å². The van der Waals surface area contributed by atoms with Gasteiger partial charge in [-0.1, -0.05) is 18.2 Å². The number of para-hydroxylation sites is 1. The van der Waals surface area contributed by atoms with E-state index in [-0.39, 0.29) is 18.3 Å². The minimum atomic E-state index is -0.416. The monoisotopic (exact) mass is 330 g/mol. The first-order chi connectivity index (χ1) is 11.7. The molecular weight excluding hydrogens is 312 g/mol. The molecule has 2 N–H and O–H groups in total. The zero-order chi connectivity index (χ0) is 16.9. The molecule has 0 aromatic heterocycles. The van der Waals surface area contributed by atoms with E-state index in [0.717, 1.165) is 5.56 Å². The molecule has 1 aliphatic rings. The van der Waals surface area contributed by atoms with Gasteiger partial charge >= 0.3 is 0 Å². The van der Waals surface area contributed by atoms with Gasteiger partial charge in [-0.25, -0.2) is 0 Å². The van der Waals surface area contributed by atoms with Gasteiger partial charge in [0.2, 0.25) is 5.75 Å². The molecule has 0 fully saturated rings. The highest BCUT2D eigenvalue weighted by Gasteiger charge is 2.20. The summed E-state index contributed by atoms with van der Waals surface area (Å²) in [7, 11) is 0. The van der Waals surface area contributed by atoms with Crippen LogP contribution in [-0.4, -0.2) is 30.8 Å². The van der Waals surface area contributed by atoms with Crippen LogP contribution in [0.1, 0.15) is 5.56 Å². The predicted molar refractivity (Wildman–Crippen MR) is 87.7 cm³/mol. The zero-order valence-corrected chi connectivity index (χ0v) is 13.0. The fraction of sp³-hybridized carbons (Fsp3) is 0.294. The Morgan fingerprint density at radius 1 is 1.21 bits per heavy atom. The smallest absolute Gasteiger partial charge is 0.269 e. The second kappa shape index (κ2) is 7.18. The van der Waals surface area contributed by atoms with Crippen molar-refractivity contribution in [1.29, 1.82) is 0 Å². The summed E-state index contributed by atoms with van der Waals surface area (Å²) in [5.74, 6) is 1.78. The van der Waals surface area contributed by atoms with Crippen LogP contribution in [0, 0.1) is 10.1 Å². The molecule has 0 spiro atoms. The first kappa shape index (κ1) is 16.1. The Morgan fingerprint density at radius 2 is 2.00 bits per heavy atom. The van der Waals surface area contributed by atoms with Crippen molar-refractivity contribution in [3.63, 3.8) is 0 Å². The number of ether oxygens (including phenoxy) is 3. The van der Waals surface area contributed by atoms with Crippen LogP contribution in [0.3, 0.4) is 0 Å². The second-order valence-electron chi connectivity index (χ2n) is 5.39. The highest BCUT2D eigenvalue weighted by molar-refractivity contribution is 5.52. The third kappa shape index (κ3) is 3.57. The van der Waals surface area contributed by atoms with Gasteiger partial charge in [-0.2, -0.15) is 0 Å². The minimum Gasteiger partial charge on any atom is -0.486 e. The number of nitrogens with two attached hydrogens (primary N) is 1. The van der Waals surface area contributed by atoms with Crippen LogP contribution in [0.2, 0.25) is 0 Å². The maximum absolute atomic E-state index is 10.9. The number of benzene rings is 2.